The third-order valence-electron chi connectivity index (χ3n) is 2.54. The van der Waals surface area contributed by atoms with Gasteiger partial charge in [0.1, 0.15) is 12.6 Å². The van der Waals surface area contributed by atoms with E-state index in [4.69, 9.17) is 5.11 Å². The lowest BCUT2D eigenvalue weighted by Crippen LogP contribution is -2.56. The highest BCUT2D eigenvalue weighted by atomic mass is 19.4. The van der Waals surface area contributed by atoms with Crippen LogP contribution in [0.25, 0.3) is 0 Å². The van der Waals surface area contributed by atoms with E-state index in [0.717, 1.165) is 4.90 Å². The Morgan fingerprint density at radius 3 is 2.53 bits per heavy atom. The van der Waals surface area contributed by atoms with Crippen LogP contribution in [0.1, 0.15) is 13.3 Å². The molecule has 1 N–H and O–H groups in total. The van der Waals surface area contributed by atoms with Crippen LogP contribution in [0.5, 0.6) is 0 Å². The van der Waals surface area contributed by atoms with Crippen LogP contribution >= 0.6 is 0 Å². The Balaban J connectivity index is 2.72. The minimum atomic E-state index is -4.47. The Morgan fingerprint density at radius 2 is 2.06 bits per heavy atom. The van der Waals surface area contributed by atoms with Gasteiger partial charge in [0.2, 0.25) is 0 Å². The average Bonchev–Trinajstić information content (AvgIpc) is 2.18. The summed E-state index contributed by atoms with van der Waals surface area (Å²) in [7, 11) is 0. The molecule has 0 aromatic rings. The molecule has 0 aromatic heterocycles. The molecule has 1 saturated heterocycles. The van der Waals surface area contributed by atoms with Gasteiger partial charge in [-0.2, -0.15) is 13.2 Å². The number of amides is 2. The molecule has 2 amide bonds. The van der Waals surface area contributed by atoms with Gasteiger partial charge in [-0.25, -0.2) is 9.59 Å². The van der Waals surface area contributed by atoms with Crippen LogP contribution in [0.3, 0.4) is 0 Å². The number of rotatable bonds is 3. The Bertz CT molecular complexity index is 319. The quantitative estimate of drug-likeness (QED) is 0.821. The second kappa shape index (κ2) is 4.80. The number of aliphatic carboxylic acids is 1. The first-order chi connectivity index (χ1) is 7.72. The van der Waals surface area contributed by atoms with E-state index in [9.17, 15) is 22.8 Å². The lowest BCUT2D eigenvalue weighted by atomic mass is 10.2. The first-order valence-corrected chi connectivity index (χ1v) is 5.07. The summed E-state index contributed by atoms with van der Waals surface area (Å²) < 4.78 is 36.5. The number of carboxylic acid groups (broad SMARTS) is 1. The molecule has 0 aromatic carbocycles. The molecule has 1 heterocycles. The molecule has 98 valence electrons. The van der Waals surface area contributed by atoms with Crippen LogP contribution in [0.15, 0.2) is 0 Å². The maximum absolute atomic E-state index is 12.2. The summed E-state index contributed by atoms with van der Waals surface area (Å²) in [4.78, 5) is 23.9. The van der Waals surface area contributed by atoms with Gasteiger partial charge in [0.25, 0.3) is 0 Å². The van der Waals surface area contributed by atoms with E-state index in [0.29, 0.717) is 11.3 Å². The number of nitrogens with zero attached hydrogens (tertiary/aromatic N) is 2. The first kappa shape index (κ1) is 13.6. The van der Waals surface area contributed by atoms with Crippen molar-refractivity contribution in [2.75, 3.05) is 19.6 Å². The standard InChI is InChI=1S/C9H13F3N2O3/c1-6(7(15)16)14-4-2-3-13(8(14)17)5-9(10,11)12/h6H,2-5H2,1H3,(H,15,16). The monoisotopic (exact) mass is 254 g/mol. The molecule has 17 heavy (non-hydrogen) atoms. The molecule has 0 radical (unpaired) electrons. The van der Waals surface area contributed by atoms with E-state index in [1.165, 1.54) is 6.92 Å². The molecule has 1 aliphatic heterocycles. The van der Waals surface area contributed by atoms with Crippen molar-refractivity contribution in [3.63, 3.8) is 0 Å². The van der Waals surface area contributed by atoms with Crippen LogP contribution in [0.2, 0.25) is 0 Å². The predicted molar refractivity (Wildman–Crippen MR) is 51.4 cm³/mol. The third-order valence-corrected chi connectivity index (χ3v) is 2.54. The van der Waals surface area contributed by atoms with E-state index in [1.807, 2.05) is 0 Å². The fourth-order valence-electron chi connectivity index (χ4n) is 1.66. The zero-order chi connectivity index (χ0) is 13.2. The van der Waals surface area contributed by atoms with Crippen molar-refractivity contribution in [3.8, 4) is 0 Å². The molecule has 1 aliphatic rings. The molecule has 1 fully saturated rings. The number of halogens is 3. The topological polar surface area (TPSA) is 60.9 Å². The van der Waals surface area contributed by atoms with Crippen LogP contribution in [0.4, 0.5) is 18.0 Å². The summed E-state index contributed by atoms with van der Waals surface area (Å²) in [6.07, 6.45) is -4.13. The Labute approximate surface area is 95.8 Å². The van der Waals surface area contributed by atoms with E-state index in [-0.39, 0.29) is 13.1 Å². The summed E-state index contributed by atoms with van der Waals surface area (Å²) in [5, 5.41) is 8.74. The molecule has 1 unspecified atom stereocenters. The van der Waals surface area contributed by atoms with E-state index >= 15 is 0 Å². The highest BCUT2D eigenvalue weighted by Crippen LogP contribution is 2.20. The number of carboxylic acids is 1. The van der Waals surface area contributed by atoms with Gasteiger partial charge in [0.05, 0.1) is 0 Å². The number of carbonyl (C=O) groups is 2. The summed E-state index contributed by atoms with van der Waals surface area (Å²) in [6, 6.07) is -1.98. The molecule has 0 aliphatic carbocycles. The highest BCUT2D eigenvalue weighted by Gasteiger charge is 2.38. The lowest BCUT2D eigenvalue weighted by Gasteiger charge is -2.37. The number of hydrogen-bond donors (Lipinski definition) is 1. The summed E-state index contributed by atoms with van der Waals surface area (Å²) in [5.74, 6) is -1.23. The number of urea groups is 1. The molecule has 1 atom stereocenters. The average molecular weight is 254 g/mol. The highest BCUT2D eigenvalue weighted by molar-refractivity contribution is 5.82. The summed E-state index contributed by atoms with van der Waals surface area (Å²) in [5.41, 5.74) is 0. The van der Waals surface area contributed by atoms with Crippen molar-refractivity contribution in [1.29, 1.82) is 0 Å². The Morgan fingerprint density at radius 1 is 1.47 bits per heavy atom. The summed E-state index contributed by atoms with van der Waals surface area (Å²) in [6.45, 7) is 0.105. The Kier molecular flexibility index (Phi) is 3.84. The minimum absolute atomic E-state index is 0.00117. The van der Waals surface area contributed by atoms with Crippen LogP contribution in [0, 0.1) is 0 Å². The van der Waals surface area contributed by atoms with Crippen molar-refractivity contribution >= 4 is 12.0 Å². The van der Waals surface area contributed by atoms with E-state index in [1.54, 1.807) is 0 Å². The molecule has 0 saturated carbocycles. The van der Waals surface area contributed by atoms with Crippen molar-refractivity contribution in [2.24, 2.45) is 0 Å². The van der Waals surface area contributed by atoms with Gasteiger partial charge in [-0.15, -0.1) is 0 Å². The van der Waals surface area contributed by atoms with Crippen LogP contribution in [-0.2, 0) is 4.79 Å². The maximum atomic E-state index is 12.2. The number of carbonyl (C=O) groups excluding carboxylic acids is 1. The van der Waals surface area contributed by atoms with E-state index in [2.05, 4.69) is 0 Å². The molecule has 1 rings (SSSR count). The second-order valence-corrected chi connectivity index (χ2v) is 3.88. The van der Waals surface area contributed by atoms with Crippen molar-refractivity contribution in [2.45, 2.75) is 25.6 Å². The number of hydrogen-bond acceptors (Lipinski definition) is 2. The van der Waals surface area contributed by atoms with Gasteiger partial charge in [-0.3, -0.25) is 0 Å². The molecule has 8 heteroatoms. The normalized spacial score (nSPS) is 19.4. The summed E-state index contributed by atoms with van der Waals surface area (Å²) >= 11 is 0. The molecule has 0 bridgehead atoms. The fourth-order valence-corrected chi connectivity index (χ4v) is 1.66. The van der Waals surface area contributed by atoms with Crippen LogP contribution in [-0.4, -0.2) is 58.8 Å². The van der Waals surface area contributed by atoms with E-state index < -0.39 is 30.8 Å². The van der Waals surface area contributed by atoms with Crippen molar-refractivity contribution < 1.29 is 27.9 Å². The molecular weight excluding hydrogens is 241 g/mol. The zero-order valence-electron chi connectivity index (χ0n) is 9.20. The Hall–Kier alpha value is -1.47. The van der Waals surface area contributed by atoms with Gasteiger partial charge in [-0.05, 0) is 13.3 Å². The van der Waals surface area contributed by atoms with Gasteiger partial charge in [-0.1, -0.05) is 0 Å². The zero-order valence-corrected chi connectivity index (χ0v) is 9.20. The number of alkyl halides is 3. The fraction of sp³-hybridized carbons (Fsp3) is 0.778. The van der Waals surface area contributed by atoms with Gasteiger partial charge in [0, 0.05) is 13.1 Å². The second-order valence-electron chi connectivity index (χ2n) is 3.88. The largest absolute Gasteiger partial charge is 0.480 e. The first-order valence-electron chi connectivity index (χ1n) is 5.07. The van der Waals surface area contributed by atoms with Crippen molar-refractivity contribution in [3.05, 3.63) is 0 Å². The smallest absolute Gasteiger partial charge is 0.406 e. The van der Waals surface area contributed by atoms with Crippen LogP contribution < -0.4 is 0 Å². The lowest BCUT2D eigenvalue weighted by molar-refractivity contribution is -0.146. The van der Waals surface area contributed by atoms with Crippen molar-refractivity contribution in [1.82, 2.24) is 9.80 Å². The molecule has 0 spiro atoms. The van der Waals surface area contributed by atoms with Gasteiger partial charge < -0.3 is 14.9 Å². The SMILES string of the molecule is CC(C(=O)O)N1CCCN(CC(F)(F)F)C1=O. The minimum Gasteiger partial charge on any atom is -0.480 e. The maximum Gasteiger partial charge on any atom is 0.406 e. The van der Waals surface area contributed by atoms with Gasteiger partial charge >= 0.3 is 18.2 Å². The molecule has 5 nitrogen and oxygen atoms in total. The predicted octanol–water partition coefficient (Wildman–Crippen LogP) is 1.15. The third kappa shape index (κ3) is 3.50. The van der Waals surface area contributed by atoms with Gasteiger partial charge in [0.15, 0.2) is 0 Å². The molecular formula is C9H13F3N2O3.